The molecule has 0 saturated heterocycles. The zero-order valence-electron chi connectivity index (χ0n) is 8.28. The molecule has 1 atom stereocenters. The molecule has 0 saturated carbocycles. The van der Waals surface area contributed by atoms with Crippen molar-refractivity contribution in [2.75, 3.05) is 18.1 Å². The standard InChI is InChI=1S/C8H15NOS4/c1-3-13-8(12)14-6(2)7(10)9-4-5-11/h6,11H,3-5H2,1-2H3,(H,9,10). The first kappa shape index (κ1) is 14.6. The lowest BCUT2D eigenvalue weighted by Crippen LogP contribution is -2.32. The summed E-state index contributed by atoms with van der Waals surface area (Å²) in [5, 5.41) is 2.66. The number of thiocarbonyl (C=S) groups is 1. The predicted octanol–water partition coefficient (Wildman–Crippen LogP) is 2.19. The van der Waals surface area contributed by atoms with Crippen LogP contribution in [0.25, 0.3) is 0 Å². The van der Waals surface area contributed by atoms with Crippen LogP contribution in [0, 0.1) is 0 Å². The average Bonchev–Trinajstić information content (AvgIpc) is 2.14. The number of hydrogen-bond acceptors (Lipinski definition) is 5. The van der Waals surface area contributed by atoms with Crippen molar-refractivity contribution in [3.05, 3.63) is 0 Å². The van der Waals surface area contributed by atoms with Gasteiger partial charge in [0, 0.05) is 12.3 Å². The third-order valence-electron chi connectivity index (χ3n) is 1.32. The van der Waals surface area contributed by atoms with Crippen LogP contribution in [0.15, 0.2) is 0 Å². The molecule has 0 fully saturated rings. The van der Waals surface area contributed by atoms with E-state index in [2.05, 4.69) is 17.9 Å². The number of rotatable bonds is 5. The van der Waals surface area contributed by atoms with Crippen molar-refractivity contribution < 1.29 is 4.79 Å². The second kappa shape index (κ2) is 8.88. The quantitative estimate of drug-likeness (QED) is 0.591. The van der Waals surface area contributed by atoms with Crippen molar-refractivity contribution >= 4 is 57.8 Å². The molecule has 0 spiro atoms. The molecule has 0 aliphatic heterocycles. The molecule has 1 unspecified atom stereocenters. The minimum absolute atomic E-state index is 0.0307. The molecule has 0 aromatic carbocycles. The van der Waals surface area contributed by atoms with E-state index in [1.54, 1.807) is 11.8 Å². The van der Waals surface area contributed by atoms with Gasteiger partial charge in [0.05, 0.1) is 5.25 Å². The molecular weight excluding hydrogens is 254 g/mol. The van der Waals surface area contributed by atoms with E-state index in [0.29, 0.717) is 12.3 Å². The van der Waals surface area contributed by atoms with E-state index in [-0.39, 0.29) is 11.2 Å². The predicted molar refractivity (Wildman–Crippen MR) is 74.6 cm³/mol. The van der Waals surface area contributed by atoms with Gasteiger partial charge in [0.1, 0.15) is 3.53 Å². The second-order valence-electron chi connectivity index (χ2n) is 2.46. The Bertz CT molecular complexity index is 198. The van der Waals surface area contributed by atoms with Crippen LogP contribution in [-0.2, 0) is 4.79 Å². The SMILES string of the molecule is CCSC(=S)SC(C)C(=O)NCCS. The number of nitrogens with one attached hydrogen (secondary N) is 1. The van der Waals surface area contributed by atoms with Crippen LogP contribution < -0.4 is 5.32 Å². The zero-order chi connectivity index (χ0) is 11.0. The molecule has 2 nitrogen and oxygen atoms in total. The van der Waals surface area contributed by atoms with E-state index in [0.717, 1.165) is 9.28 Å². The summed E-state index contributed by atoms with van der Waals surface area (Å²) in [6.45, 7) is 4.52. The lowest BCUT2D eigenvalue weighted by molar-refractivity contribution is -0.120. The van der Waals surface area contributed by atoms with Crippen molar-refractivity contribution in [3.63, 3.8) is 0 Å². The fourth-order valence-corrected chi connectivity index (χ4v) is 3.34. The van der Waals surface area contributed by atoms with E-state index in [1.165, 1.54) is 11.8 Å². The van der Waals surface area contributed by atoms with Crippen molar-refractivity contribution in [2.45, 2.75) is 19.1 Å². The molecule has 82 valence electrons. The first-order chi connectivity index (χ1) is 6.61. The van der Waals surface area contributed by atoms with Gasteiger partial charge in [-0.25, -0.2) is 0 Å². The maximum absolute atomic E-state index is 11.4. The maximum Gasteiger partial charge on any atom is 0.233 e. The van der Waals surface area contributed by atoms with Gasteiger partial charge in [-0.1, -0.05) is 30.9 Å². The number of hydrogen-bond donors (Lipinski definition) is 2. The maximum atomic E-state index is 11.4. The molecule has 0 aromatic rings. The molecule has 0 rings (SSSR count). The normalized spacial score (nSPS) is 12.2. The molecule has 14 heavy (non-hydrogen) atoms. The van der Waals surface area contributed by atoms with E-state index in [9.17, 15) is 4.79 Å². The highest BCUT2D eigenvalue weighted by molar-refractivity contribution is 8.47. The highest BCUT2D eigenvalue weighted by Crippen LogP contribution is 2.21. The summed E-state index contributed by atoms with van der Waals surface area (Å²) in [5.74, 6) is 1.65. The highest BCUT2D eigenvalue weighted by Gasteiger charge is 2.14. The summed E-state index contributed by atoms with van der Waals surface area (Å²) >= 11 is 12.1. The molecular formula is C8H15NOS4. The largest absolute Gasteiger partial charge is 0.354 e. The van der Waals surface area contributed by atoms with Crippen LogP contribution in [0.2, 0.25) is 0 Å². The molecule has 1 amide bonds. The fraction of sp³-hybridized carbons (Fsp3) is 0.750. The third-order valence-corrected chi connectivity index (χ3v) is 4.11. The zero-order valence-corrected chi connectivity index (χ0v) is 11.6. The lowest BCUT2D eigenvalue weighted by atomic mass is 10.4. The van der Waals surface area contributed by atoms with Crippen molar-refractivity contribution in [2.24, 2.45) is 0 Å². The highest BCUT2D eigenvalue weighted by atomic mass is 32.2. The van der Waals surface area contributed by atoms with Crippen LogP contribution in [-0.4, -0.2) is 32.7 Å². The Morgan fingerprint density at radius 2 is 2.29 bits per heavy atom. The number of carbonyl (C=O) groups excluding carboxylic acids is 1. The van der Waals surface area contributed by atoms with Crippen LogP contribution in [0.1, 0.15) is 13.8 Å². The number of amides is 1. The van der Waals surface area contributed by atoms with Crippen LogP contribution >= 0.6 is 48.4 Å². The van der Waals surface area contributed by atoms with E-state index >= 15 is 0 Å². The Morgan fingerprint density at radius 1 is 1.64 bits per heavy atom. The molecule has 0 aliphatic carbocycles. The van der Waals surface area contributed by atoms with Gasteiger partial charge in [0.15, 0.2) is 0 Å². The topological polar surface area (TPSA) is 29.1 Å². The minimum Gasteiger partial charge on any atom is -0.354 e. The summed E-state index contributed by atoms with van der Waals surface area (Å²) < 4.78 is 0.834. The van der Waals surface area contributed by atoms with E-state index in [4.69, 9.17) is 12.2 Å². The molecule has 0 aliphatic rings. The van der Waals surface area contributed by atoms with Gasteiger partial charge in [-0.3, -0.25) is 4.79 Å². The second-order valence-corrected chi connectivity index (χ2v) is 6.71. The van der Waals surface area contributed by atoms with Gasteiger partial charge in [0.25, 0.3) is 0 Å². The first-order valence-corrected chi connectivity index (χ1v) is 7.24. The van der Waals surface area contributed by atoms with Gasteiger partial charge < -0.3 is 5.32 Å². The Kier molecular flexibility index (Phi) is 9.27. The smallest absolute Gasteiger partial charge is 0.233 e. The van der Waals surface area contributed by atoms with Crippen LogP contribution in [0.4, 0.5) is 0 Å². The Labute approximate surface area is 105 Å². The number of carbonyl (C=O) groups is 1. The van der Waals surface area contributed by atoms with E-state index < -0.39 is 0 Å². The van der Waals surface area contributed by atoms with Gasteiger partial charge in [0.2, 0.25) is 5.91 Å². The molecule has 0 radical (unpaired) electrons. The first-order valence-electron chi connectivity index (χ1n) is 4.33. The molecule has 6 heteroatoms. The number of thioether (sulfide) groups is 2. The van der Waals surface area contributed by atoms with Crippen molar-refractivity contribution in [1.29, 1.82) is 0 Å². The van der Waals surface area contributed by atoms with Crippen LogP contribution in [0.5, 0.6) is 0 Å². The van der Waals surface area contributed by atoms with Crippen molar-refractivity contribution in [3.8, 4) is 0 Å². The van der Waals surface area contributed by atoms with Crippen molar-refractivity contribution in [1.82, 2.24) is 5.32 Å². The van der Waals surface area contributed by atoms with Gasteiger partial charge in [-0.05, 0) is 12.7 Å². The summed E-state index contributed by atoms with van der Waals surface area (Å²) in [6, 6.07) is 0. The van der Waals surface area contributed by atoms with E-state index in [1.807, 2.05) is 13.8 Å². The Morgan fingerprint density at radius 3 is 2.79 bits per heavy atom. The van der Waals surface area contributed by atoms with Gasteiger partial charge >= 0.3 is 0 Å². The summed E-state index contributed by atoms with van der Waals surface area (Å²) in [4.78, 5) is 11.4. The van der Waals surface area contributed by atoms with Gasteiger partial charge in [-0.2, -0.15) is 12.6 Å². The Hall–Kier alpha value is 0.610. The average molecular weight is 269 g/mol. The van der Waals surface area contributed by atoms with Crippen LogP contribution in [0.3, 0.4) is 0 Å². The number of thiol groups is 1. The molecule has 0 bridgehead atoms. The summed E-state index contributed by atoms with van der Waals surface area (Å²) in [7, 11) is 0. The summed E-state index contributed by atoms with van der Waals surface area (Å²) in [6.07, 6.45) is 0. The minimum atomic E-state index is -0.110. The fourth-order valence-electron chi connectivity index (χ4n) is 0.673. The monoisotopic (exact) mass is 269 g/mol. The van der Waals surface area contributed by atoms with Gasteiger partial charge in [-0.15, -0.1) is 11.8 Å². The Balaban J connectivity index is 3.76. The summed E-state index contributed by atoms with van der Waals surface area (Å²) in [5.41, 5.74) is 0. The third kappa shape index (κ3) is 6.98. The lowest BCUT2D eigenvalue weighted by Gasteiger charge is -2.10. The molecule has 0 aromatic heterocycles. The molecule has 0 heterocycles. The molecule has 1 N–H and O–H groups in total.